The zero-order valence-corrected chi connectivity index (χ0v) is 19.1. The largest absolute Gasteiger partial charge is 0.511 e. The second-order valence-corrected chi connectivity index (χ2v) is 9.71. The highest BCUT2D eigenvalue weighted by atomic mass is 32.2. The molecule has 2 fully saturated rings. The number of hydrogen-bond acceptors (Lipinski definition) is 9. The molecule has 3 N–H and O–H groups in total. The third-order valence-electron chi connectivity index (χ3n) is 5.21. The van der Waals surface area contributed by atoms with E-state index in [1.807, 2.05) is 6.07 Å². The van der Waals surface area contributed by atoms with Crippen molar-refractivity contribution >= 4 is 35.7 Å². The highest BCUT2D eigenvalue weighted by molar-refractivity contribution is 8.01. The molecule has 0 aromatic heterocycles. The zero-order valence-electron chi connectivity index (χ0n) is 18.3. The van der Waals surface area contributed by atoms with Crippen LogP contribution in [-0.4, -0.2) is 63.9 Å². The first-order valence-corrected chi connectivity index (χ1v) is 11.1. The highest BCUT2D eigenvalue weighted by Crippen LogP contribution is 2.51. The average Bonchev–Trinajstić information content (AvgIpc) is 2.99. The van der Waals surface area contributed by atoms with Gasteiger partial charge < -0.3 is 30.2 Å². The summed E-state index contributed by atoms with van der Waals surface area (Å²) in [5.74, 6) is -1.58. The van der Waals surface area contributed by atoms with Gasteiger partial charge in [0.05, 0.1) is 6.61 Å². The Morgan fingerprint density at radius 2 is 1.88 bits per heavy atom. The van der Waals surface area contributed by atoms with Gasteiger partial charge in [0.1, 0.15) is 23.5 Å². The fourth-order valence-electron chi connectivity index (χ4n) is 3.72. The number of β-lactam (4-membered cyclic amide) rings is 1. The first-order valence-electron chi connectivity index (χ1n) is 10.2. The Labute approximate surface area is 190 Å². The Balaban J connectivity index is 1.63. The van der Waals surface area contributed by atoms with Gasteiger partial charge in [0.15, 0.2) is 0 Å². The minimum Gasteiger partial charge on any atom is -0.435 e. The van der Waals surface area contributed by atoms with Crippen LogP contribution in [0, 0.1) is 0 Å². The van der Waals surface area contributed by atoms with Crippen molar-refractivity contribution in [1.82, 2.24) is 10.2 Å². The molecule has 2 aliphatic rings. The van der Waals surface area contributed by atoms with Gasteiger partial charge in [-0.25, -0.2) is 9.59 Å². The molecule has 5 atom stereocenters. The van der Waals surface area contributed by atoms with Crippen molar-refractivity contribution in [2.24, 2.45) is 5.73 Å². The van der Waals surface area contributed by atoms with Crippen LogP contribution in [0.4, 0.5) is 4.79 Å². The van der Waals surface area contributed by atoms with Crippen LogP contribution >= 0.6 is 11.8 Å². The molecule has 1 aromatic carbocycles. The number of esters is 1. The van der Waals surface area contributed by atoms with Gasteiger partial charge in [-0.05, 0) is 26.3 Å². The van der Waals surface area contributed by atoms with Crippen molar-refractivity contribution in [3.05, 3.63) is 35.9 Å². The Morgan fingerprint density at radius 3 is 2.50 bits per heavy atom. The molecule has 2 aliphatic heterocycles. The summed E-state index contributed by atoms with van der Waals surface area (Å²) in [6, 6.07) is 6.21. The number of thioether (sulfide) groups is 1. The summed E-state index contributed by atoms with van der Waals surface area (Å²) in [6.07, 6.45) is -2.14. The van der Waals surface area contributed by atoms with Crippen LogP contribution in [0.1, 0.15) is 39.3 Å². The lowest BCUT2D eigenvalue weighted by Gasteiger charge is -2.44. The quantitative estimate of drug-likeness (QED) is 0.347. The van der Waals surface area contributed by atoms with E-state index in [0.717, 1.165) is 0 Å². The van der Waals surface area contributed by atoms with Gasteiger partial charge in [-0.2, -0.15) is 0 Å². The van der Waals surface area contributed by atoms with E-state index < -0.39 is 58.5 Å². The van der Waals surface area contributed by atoms with Crippen LogP contribution in [0.25, 0.3) is 0 Å². The van der Waals surface area contributed by atoms with E-state index in [9.17, 15) is 19.2 Å². The predicted octanol–water partition coefficient (Wildman–Crippen LogP) is 1.30. The van der Waals surface area contributed by atoms with E-state index >= 15 is 0 Å². The molecule has 174 valence electrons. The number of nitrogens with zero attached hydrogens (tertiary/aromatic N) is 1. The molecule has 10 nitrogen and oxygen atoms in total. The number of carbonyl (C=O) groups excluding carboxylic acids is 4. The lowest BCUT2D eigenvalue weighted by Crippen LogP contribution is -2.71. The first-order chi connectivity index (χ1) is 15.1. The van der Waals surface area contributed by atoms with Crippen molar-refractivity contribution in [3.63, 3.8) is 0 Å². The Hall–Kier alpha value is -2.79. The van der Waals surface area contributed by atoms with Crippen molar-refractivity contribution in [1.29, 1.82) is 0 Å². The van der Waals surface area contributed by atoms with Crippen molar-refractivity contribution in [2.75, 3.05) is 6.61 Å². The van der Waals surface area contributed by atoms with Gasteiger partial charge in [-0.1, -0.05) is 30.3 Å². The molecule has 2 saturated heterocycles. The summed E-state index contributed by atoms with van der Waals surface area (Å²) in [5, 5.41) is 2.26. The molecule has 0 spiro atoms. The number of nitrogens with two attached hydrogens (primary N) is 1. The van der Waals surface area contributed by atoms with Gasteiger partial charge in [-0.3, -0.25) is 9.59 Å². The van der Waals surface area contributed by atoms with Crippen LogP contribution in [-0.2, 0) is 28.6 Å². The summed E-state index contributed by atoms with van der Waals surface area (Å²) in [7, 11) is 0. The molecular weight excluding hydrogens is 438 g/mol. The lowest BCUT2D eigenvalue weighted by molar-refractivity contribution is -0.180. The van der Waals surface area contributed by atoms with Crippen LogP contribution < -0.4 is 11.1 Å². The van der Waals surface area contributed by atoms with Crippen LogP contribution in [0.15, 0.2) is 30.3 Å². The molecule has 2 amide bonds. The zero-order chi connectivity index (χ0) is 23.6. The van der Waals surface area contributed by atoms with E-state index in [1.165, 1.54) is 23.6 Å². The molecule has 0 radical (unpaired) electrons. The second kappa shape index (κ2) is 9.37. The predicted molar refractivity (Wildman–Crippen MR) is 115 cm³/mol. The van der Waals surface area contributed by atoms with Gasteiger partial charge in [0.2, 0.25) is 18.1 Å². The van der Waals surface area contributed by atoms with Crippen LogP contribution in [0.2, 0.25) is 0 Å². The standard InChI is InChI=1S/C21H27N3O7S/c1-5-29-20(28)31-11(2)30-19(27)15-21(3,4)32-18-14(17(26)24(15)18)23-16(25)13(22)12-9-7-6-8-10-12/h6-11,13-15,18H,5,22H2,1-4H3,(H,23,25)/t11-,13-,14-,15+,18-/m0/s1. The number of hydrogen-bond donors (Lipinski definition) is 2. The minimum atomic E-state index is -1.18. The molecule has 3 rings (SSSR count). The van der Waals surface area contributed by atoms with Crippen LogP contribution in [0.3, 0.4) is 0 Å². The smallest absolute Gasteiger partial charge is 0.435 e. The number of benzene rings is 1. The Kier molecular flexibility index (Phi) is 6.99. The molecule has 32 heavy (non-hydrogen) atoms. The maximum atomic E-state index is 12.8. The maximum Gasteiger partial charge on any atom is 0.511 e. The number of fused-ring (bicyclic) bond motifs is 1. The molecule has 0 unspecified atom stereocenters. The topological polar surface area (TPSA) is 137 Å². The number of rotatable bonds is 7. The molecule has 1 aromatic rings. The molecule has 11 heteroatoms. The van der Waals surface area contributed by atoms with E-state index in [1.54, 1.807) is 45.0 Å². The summed E-state index contributed by atoms with van der Waals surface area (Å²) >= 11 is 1.38. The third kappa shape index (κ3) is 4.68. The van der Waals surface area contributed by atoms with Crippen molar-refractivity contribution in [3.8, 4) is 0 Å². The number of carbonyl (C=O) groups is 4. The van der Waals surface area contributed by atoms with Gasteiger partial charge in [0, 0.05) is 11.7 Å². The molecule has 0 saturated carbocycles. The monoisotopic (exact) mass is 465 g/mol. The minimum absolute atomic E-state index is 0.122. The molecule has 0 bridgehead atoms. The summed E-state index contributed by atoms with van der Waals surface area (Å²) in [6.45, 7) is 6.74. The molecular formula is C21H27N3O7S. The van der Waals surface area contributed by atoms with Crippen LogP contribution in [0.5, 0.6) is 0 Å². The normalized spacial score (nSPS) is 25.1. The fourth-order valence-corrected chi connectivity index (χ4v) is 5.34. The van der Waals surface area contributed by atoms with E-state index in [2.05, 4.69) is 10.1 Å². The van der Waals surface area contributed by atoms with Crippen molar-refractivity contribution in [2.45, 2.75) is 62.2 Å². The van der Waals surface area contributed by atoms with Gasteiger partial charge in [-0.15, -0.1) is 11.8 Å². The van der Waals surface area contributed by atoms with Gasteiger partial charge >= 0.3 is 12.1 Å². The Morgan fingerprint density at radius 1 is 1.22 bits per heavy atom. The SMILES string of the molecule is CCOC(=O)O[C@@H](C)OC(=O)[C@H]1N2C(=O)[C@H](NC(=O)[C@@H](N)c3ccccc3)[C@@H]2SC1(C)C. The highest BCUT2D eigenvalue weighted by Gasteiger charge is 2.64. The van der Waals surface area contributed by atoms with Crippen molar-refractivity contribution < 1.29 is 33.4 Å². The second-order valence-electron chi connectivity index (χ2n) is 7.94. The summed E-state index contributed by atoms with van der Waals surface area (Å²) in [4.78, 5) is 51.0. The van der Waals surface area contributed by atoms with Gasteiger partial charge in [0.25, 0.3) is 0 Å². The summed E-state index contributed by atoms with van der Waals surface area (Å²) < 4.78 is 14.0. The maximum absolute atomic E-state index is 12.8. The first kappa shape index (κ1) is 23.9. The van der Waals surface area contributed by atoms with E-state index in [0.29, 0.717) is 5.56 Å². The van der Waals surface area contributed by atoms with E-state index in [4.69, 9.17) is 15.2 Å². The summed E-state index contributed by atoms with van der Waals surface area (Å²) in [5.41, 5.74) is 6.65. The Bertz CT molecular complexity index is 895. The number of amides is 2. The lowest BCUT2D eigenvalue weighted by atomic mass is 9.95. The number of nitrogens with one attached hydrogen (secondary N) is 1. The van der Waals surface area contributed by atoms with E-state index in [-0.39, 0.29) is 6.61 Å². The average molecular weight is 466 g/mol. The molecule has 2 heterocycles. The fraction of sp³-hybridized carbons (Fsp3) is 0.524. The number of ether oxygens (including phenoxy) is 3. The third-order valence-corrected chi connectivity index (χ3v) is 6.78. The molecule has 0 aliphatic carbocycles.